The van der Waals surface area contributed by atoms with Crippen LogP contribution in [0.15, 0.2) is 4.79 Å². The highest BCUT2D eigenvalue weighted by Crippen LogP contribution is 2.08. The van der Waals surface area contributed by atoms with Gasteiger partial charge in [-0.2, -0.15) is 5.10 Å². The van der Waals surface area contributed by atoms with Gasteiger partial charge in [-0.05, 0) is 26.3 Å². The Morgan fingerprint density at radius 2 is 2.00 bits per heavy atom. The van der Waals surface area contributed by atoms with Crippen LogP contribution in [-0.4, -0.2) is 47.2 Å². The smallest absolute Gasteiger partial charge is 0.307 e. The first-order valence-corrected chi connectivity index (χ1v) is 6.35. The van der Waals surface area contributed by atoms with E-state index in [9.17, 15) is 14.4 Å². The van der Waals surface area contributed by atoms with Gasteiger partial charge < -0.3 is 9.64 Å². The molecular weight excluding hydrogens is 262 g/mol. The minimum Gasteiger partial charge on any atom is -0.466 e. The highest BCUT2D eigenvalue weighted by atomic mass is 16.5. The lowest BCUT2D eigenvalue weighted by atomic mass is 10.1. The molecule has 110 valence electrons. The van der Waals surface area contributed by atoms with Gasteiger partial charge in [-0.1, -0.05) is 0 Å². The summed E-state index contributed by atoms with van der Waals surface area (Å²) in [5.41, 5.74) is 0.665. The van der Waals surface area contributed by atoms with Crippen molar-refractivity contribution < 1.29 is 14.3 Å². The Bertz CT molecular complexity index is 565. The zero-order valence-corrected chi connectivity index (χ0v) is 12.1. The molecule has 0 saturated heterocycles. The predicted molar refractivity (Wildman–Crippen MR) is 72.5 cm³/mol. The molecule has 0 aliphatic heterocycles. The summed E-state index contributed by atoms with van der Waals surface area (Å²) in [5, 5.41) is 6.08. The van der Waals surface area contributed by atoms with Crippen molar-refractivity contribution in [3.05, 3.63) is 27.2 Å². The van der Waals surface area contributed by atoms with Gasteiger partial charge in [0.25, 0.3) is 11.5 Å². The maximum atomic E-state index is 12.2. The second-order valence-electron chi connectivity index (χ2n) is 4.42. The second-order valence-corrected chi connectivity index (χ2v) is 4.42. The quantitative estimate of drug-likeness (QED) is 0.789. The molecule has 0 saturated carbocycles. The number of hydrogen-bond acceptors (Lipinski definition) is 5. The summed E-state index contributed by atoms with van der Waals surface area (Å²) in [4.78, 5) is 36.5. The number of aromatic nitrogens is 2. The lowest BCUT2D eigenvalue weighted by Crippen LogP contribution is -2.35. The van der Waals surface area contributed by atoms with Gasteiger partial charge in [0.2, 0.25) is 0 Å². The van der Waals surface area contributed by atoms with E-state index < -0.39 is 11.5 Å². The van der Waals surface area contributed by atoms with Crippen LogP contribution in [0, 0.1) is 13.8 Å². The maximum Gasteiger partial charge on any atom is 0.307 e. The van der Waals surface area contributed by atoms with E-state index in [2.05, 4.69) is 10.2 Å². The SMILES string of the molecule is CCOC(=O)CCN(C)C(=O)c1c(C)c(C)n[nH]c1=O. The van der Waals surface area contributed by atoms with Crippen LogP contribution < -0.4 is 5.56 Å². The van der Waals surface area contributed by atoms with Crippen LogP contribution in [0.4, 0.5) is 0 Å². The van der Waals surface area contributed by atoms with E-state index in [0.29, 0.717) is 17.9 Å². The van der Waals surface area contributed by atoms with Crippen molar-refractivity contribution >= 4 is 11.9 Å². The molecule has 7 nitrogen and oxygen atoms in total. The molecular formula is C13H19N3O4. The summed E-state index contributed by atoms with van der Waals surface area (Å²) in [6.07, 6.45) is 0.0943. The normalized spacial score (nSPS) is 10.2. The lowest BCUT2D eigenvalue weighted by molar-refractivity contribution is -0.143. The Labute approximate surface area is 116 Å². The number of amides is 1. The fourth-order valence-corrected chi connectivity index (χ4v) is 1.67. The average molecular weight is 281 g/mol. The molecule has 7 heteroatoms. The van der Waals surface area contributed by atoms with E-state index in [1.54, 1.807) is 20.8 Å². The molecule has 1 N–H and O–H groups in total. The number of hydrogen-bond donors (Lipinski definition) is 1. The van der Waals surface area contributed by atoms with E-state index in [1.165, 1.54) is 11.9 Å². The molecule has 0 spiro atoms. The lowest BCUT2D eigenvalue weighted by Gasteiger charge is -2.17. The number of carbonyl (C=O) groups excluding carboxylic acids is 2. The van der Waals surface area contributed by atoms with Crippen LogP contribution in [0.25, 0.3) is 0 Å². The summed E-state index contributed by atoms with van der Waals surface area (Å²) in [7, 11) is 1.54. The zero-order chi connectivity index (χ0) is 15.3. The number of H-pyrrole nitrogens is 1. The standard InChI is InChI=1S/C13H19N3O4/c1-5-20-10(17)6-7-16(4)13(19)11-8(2)9(3)14-15-12(11)18/h5-7H2,1-4H3,(H,15,18). The Hall–Kier alpha value is -2.18. The topological polar surface area (TPSA) is 92.4 Å². The summed E-state index contributed by atoms with van der Waals surface area (Å²) in [6.45, 7) is 5.59. The maximum absolute atomic E-state index is 12.2. The monoisotopic (exact) mass is 281 g/mol. The molecule has 1 aromatic heterocycles. The van der Waals surface area contributed by atoms with Crippen LogP contribution >= 0.6 is 0 Å². The number of aromatic amines is 1. The van der Waals surface area contributed by atoms with Gasteiger partial charge in [0.15, 0.2) is 0 Å². The second kappa shape index (κ2) is 6.83. The molecule has 1 amide bonds. The first-order chi connectivity index (χ1) is 9.38. The molecule has 0 aliphatic rings. The van der Waals surface area contributed by atoms with Gasteiger partial charge in [0, 0.05) is 13.6 Å². The third kappa shape index (κ3) is 3.66. The first kappa shape index (κ1) is 15.9. The van der Waals surface area contributed by atoms with Crippen LogP contribution in [-0.2, 0) is 9.53 Å². The number of nitrogens with zero attached hydrogens (tertiary/aromatic N) is 2. The zero-order valence-electron chi connectivity index (χ0n) is 12.1. The molecule has 0 aliphatic carbocycles. The number of esters is 1. The van der Waals surface area contributed by atoms with Crippen molar-refractivity contribution in [2.45, 2.75) is 27.2 Å². The van der Waals surface area contributed by atoms with Crippen molar-refractivity contribution in [2.75, 3.05) is 20.2 Å². The van der Waals surface area contributed by atoms with Crippen molar-refractivity contribution in [3.8, 4) is 0 Å². The van der Waals surface area contributed by atoms with Gasteiger partial charge in [0.05, 0.1) is 18.7 Å². The molecule has 0 fully saturated rings. The highest BCUT2D eigenvalue weighted by Gasteiger charge is 2.20. The molecule has 0 radical (unpaired) electrons. The molecule has 0 bridgehead atoms. The van der Waals surface area contributed by atoms with E-state index >= 15 is 0 Å². The first-order valence-electron chi connectivity index (χ1n) is 6.35. The van der Waals surface area contributed by atoms with Crippen LogP contribution in [0.2, 0.25) is 0 Å². The molecule has 1 aromatic rings. The summed E-state index contributed by atoms with van der Waals surface area (Å²) in [6, 6.07) is 0. The van der Waals surface area contributed by atoms with Crippen LogP contribution in [0.3, 0.4) is 0 Å². The Balaban J connectivity index is 2.83. The Morgan fingerprint density at radius 3 is 2.60 bits per heavy atom. The summed E-state index contributed by atoms with van der Waals surface area (Å²) < 4.78 is 4.79. The predicted octanol–water partition coefficient (Wildman–Crippen LogP) is 0.412. The van der Waals surface area contributed by atoms with E-state index in [1.807, 2.05) is 0 Å². The minimum atomic E-state index is -0.527. The number of rotatable bonds is 5. The fourth-order valence-electron chi connectivity index (χ4n) is 1.67. The van der Waals surface area contributed by atoms with Gasteiger partial charge in [-0.3, -0.25) is 14.4 Å². The van der Waals surface area contributed by atoms with Crippen LogP contribution in [0.1, 0.15) is 35.0 Å². The van der Waals surface area contributed by atoms with Gasteiger partial charge in [-0.15, -0.1) is 0 Å². The van der Waals surface area contributed by atoms with Crippen molar-refractivity contribution in [1.82, 2.24) is 15.1 Å². The van der Waals surface area contributed by atoms with Crippen molar-refractivity contribution in [3.63, 3.8) is 0 Å². The largest absolute Gasteiger partial charge is 0.466 e. The molecule has 1 rings (SSSR count). The van der Waals surface area contributed by atoms with E-state index in [0.717, 1.165) is 0 Å². The van der Waals surface area contributed by atoms with Crippen molar-refractivity contribution in [1.29, 1.82) is 0 Å². The Kier molecular flexibility index (Phi) is 5.42. The number of nitrogens with one attached hydrogen (secondary N) is 1. The number of carbonyl (C=O) groups is 2. The minimum absolute atomic E-state index is 0.0591. The van der Waals surface area contributed by atoms with Gasteiger partial charge in [0.1, 0.15) is 5.56 Å². The van der Waals surface area contributed by atoms with E-state index in [4.69, 9.17) is 4.74 Å². The molecule has 20 heavy (non-hydrogen) atoms. The van der Waals surface area contributed by atoms with E-state index in [-0.39, 0.29) is 24.5 Å². The number of aryl methyl sites for hydroxylation is 1. The number of ether oxygens (including phenoxy) is 1. The van der Waals surface area contributed by atoms with Gasteiger partial charge >= 0.3 is 5.97 Å². The molecule has 0 atom stereocenters. The molecule has 1 heterocycles. The molecule has 0 unspecified atom stereocenters. The van der Waals surface area contributed by atoms with Crippen LogP contribution in [0.5, 0.6) is 0 Å². The van der Waals surface area contributed by atoms with Gasteiger partial charge in [-0.25, -0.2) is 5.10 Å². The summed E-state index contributed by atoms with van der Waals surface area (Å²) >= 11 is 0. The fraction of sp³-hybridized carbons (Fsp3) is 0.538. The third-order valence-electron chi connectivity index (χ3n) is 2.99. The third-order valence-corrected chi connectivity index (χ3v) is 2.99. The highest BCUT2D eigenvalue weighted by molar-refractivity contribution is 5.95. The Morgan fingerprint density at radius 1 is 1.35 bits per heavy atom. The average Bonchev–Trinajstić information content (AvgIpc) is 2.41. The molecule has 0 aromatic carbocycles. The van der Waals surface area contributed by atoms with Crippen molar-refractivity contribution in [2.24, 2.45) is 0 Å². The summed E-state index contributed by atoms with van der Waals surface area (Å²) in [5.74, 6) is -0.803.